The fourth-order valence-corrected chi connectivity index (χ4v) is 2.62. The van der Waals surface area contributed by atoms with E-state index in [4.69, 9.17) is 16.3 Å². The van der Waals surface area contributed by atoms with Crippen molar-refractivity contribution in [2.75, 3.05) is 44.2 Å². The van der Waals surface area contributed by atoms with Crippen LogP contribution in [0.4, 0.5) is 5.69 Å². The fraction of sp³-hybridized carbons (Fsp3) is 0.438. The Morgan fingerprint density at radius 2 is 2.00 bits per heavy atom. The van der Waals surface area contributed by atoms with Gasteiger partial charge in [-0.05, 0) is 19.1 Å². The molecule has 0 amide bonds. The summed E-state index contributed by atoms with van der Waals surface area (Å²) in [5.74, 6) is -0.271. The van der Waals surface area contributed by atoms with E-state index in [1.54, 1.807) is 6.92 Å². The van der Waals surface area contributed by atoms with Crippen molar-refractivity contribution in [2.24, 2.45) is 0 Å². The summed E-state index contributed by atoms with van der Waals surface area (Å²) in [6, 6.07) is 7.93. The molecule has 21 heavy (non-hydrogen) atoms. The molecule has 1 aliphatic rings. The minimum Gasteiger partial charge on any atom is -0.463 e. The Labute approximate surface area is 130 Å². The molecule has 0 radical (unpaired) electrons. The Morgan fingerprint density at radius 1 is 1.29 bits per heavy atom. The molecule has 1 aromatic rings. The minimum absolute atomic E-state index is 0.271. The number of piperazine rings is 1. The highest BCUT2D eigenvalue weighted by Gasteiger charge is 2.17. The van der Waals surface area contributed by atoms with Gasteiger partial charge in [0.1, 0.15) is 0 Å². The summed E-state index contributed by atoms with van der Waals surface area (Å²) >= 11 is 6.22. The number of ether oxygens (including phenoxy) is 1. The SMILES string of the molecule is CCOC(=O)/C=C/CN1CCN(c2ccccc2Cl)CC1. The van der Waals surface area contributed by atoms with E-state index in [-0.39, 0.29) is 5.97 Å². The fourth-order valence-electron chi connectivity index (χ4n) is 2.37. The molecular weight excluding hydrogens is 288 g/mol. The number of hydrogen-bond acceptors (Lipinski definition) is 4. The Morgan fingerprint density at radius 3 is 2.67 bits per heavy atom. The van der Waals surface area contributed by atoms with Crippen molar-refractivity contribution >= 4 is 23.3 Å². The first-order valence-corrected chi connectivity index (χ1v) is 7.63. The highest BCUT2D eigenvalue weighted by atomic mass is 35.5. The molecule has 114 valence electrons. The molecule has 5 heteroatoms. The Bertz CT molecular complexity index is 497. The van der Waals surface area contributed by atoms with Gasteiger partial charge in [0.15, 0.2) is 0 Å². The predicted molar refractivity (Wildman–Crippen MR) is 85.9 cm³/mol. The van der Waals surface area contributed by atoms with Gasteiger partial charge in [-0.25, -0.2) is 4.79 Å². The summed E-state index contributed by atoms with van der Waals surface area (Å²) in [5, 5.41) is 0.799. The summed E-state index contributed by atoms with van der Waals surface area (Å²) in [5.41, 5.74) is 1.10. The second-order valence-electron chi connectivity index (χ2n) is 4.89. The van der Waals surface area contributed by atoms with E-state index in [1.165, 1.54) is 6.08 Å². The van der Waals surface area contributed by atoms with Gasteiger partial charge in [0.25, 0.3) is 0 Å². The van der Waals surface area contributed by atoms with Gasteiger partial charge in [-0.15, -0.1) is 0 Å². The molecule has 2 rings (SSSR count). The number of nitrogens with zero attached hydrogens (tertiary/aromatic N) is 2. The molecule has 4 nitrogen and oxygen atoms in total. The van der Waals surface area contributed by atoms with E-state index in [0.29, 0.717) is 6.61 Å². The topological polar surface area (TPSA) is 32.8 Å². The van der Waals surface area contributed by atoms with Crippen molar-refractivity contribution in [2.45, 2.75) is 6.92 Å². The first kappa shape index (κ1) is 15.9. The zero-order chi connectivity index (χ0) is 15.1. The number of rotatable bonds is 5. The number of carbonyl (C=O) groups excluding carboxylic acids is 1. The van der Waals surface area contributed by atoms with E-state index in [2.05, 4.69) is 15.9 Å². The molecule has 1 heterocycles. The van der Waals surface area contributed by atoms with Gasteiger partial charge in [-0.2, -0.15) is 0 Å². The molecule has 0 bridgehead atoms. The smallest absolute Gasteiger partial charge is 0.330 e. The van der Waals surface area contributed by atoms with Crippen LogP contribution >= 0.6 is 11.6 Å². The maximum atomic E-state index is 11.2. The molecule has 0 aliphatic carbocycles. The van der Waals surface area contributed by atoms with E-state index in [1.807, 2.05) is 24.3 Å². The largest absolute Gasteiger partial charge is 0.463 e. The second-order valence-corrected chi connectivity index (χ2v) is 5.30. The van der Waals surface area contributed by atoms with Crippen LogP contribution in [-0.4, -0.2) is 50.2 Å². The first-order chi connectivity index (χ1) is 10.2. The molecule has 0 atom stereocenters. The average Bonchev–Trinajstić information content (AvgIpc) is 2.49. The van der Waals surface area contributed by atoms with Crippen molar-refractivity contribution in [3.05, 3.63) is 41.4 Å². The van der Waals surface area contributed by atoms with Gasteiger partial charge in [-0.1, -0.05) is 29.8 Å². The predicted octanol–water partition coefficient (Wildman–Crippen LogP) is 2.58. The maximum absolute atomic E-state index is 11.2. The maximum Gasteiger partial charge on any atom is 0.330 e. The number of esters is 1. The lowest BCUT2D eigenvalue weighted by atomic mass is 10.2. The quantitative estimate of drug-likeness (QED) is 0.618. The van der Waals surface area contributed by atoms with Crippen molar-refractivity contribution in [3.63, 3.8) is 0 Å². The van der Waals surface area contributed by atoms with Crippen LogP contribution in [0.3, 0.4) is 0 Å². The summed E-state index contributed by atoms with van der Waals surface area (Å²) in [6.07, 6.45) is 3.37. The number of para-hydroxylation sites is 1. The van der Waals surface area contributed by atoms with Crippen LogP contribution in [0.15, 0.2) is 36.4 Å². The highest BCUT2D eigenvalue weighted by Crippen LogP contribution is 2.25. The number of anilines is 1. The minimum atomic E-state index is -0.271. The molecule has 1 saturated heterocycles. The summed E-state index contributed by atoms with van der Waals surface area (Å²) in [4.78, 5) is 15.8. The summed E-state index contributed by atoms with van der Waals surface area (Å²) in [6.45, 7) is 6.79. The molecule has 0 aromatic heterocycles. The van der Waals surface area contributed by atoms with E-state index < -0.39 is 0 Å². The van der Waals surface area contributed by atoms with Crippen molar-refractivity contribution in [3.8, 4) is 0 Å². The van der Waals surface area contributed by atoms with Crippen LogP contribution in [0, 0.1) is 0 Å². The molecule has 0 unspecified atom stereocenters. The van der Waals surface area contributed by atoms with Crippen molar-refractivity contribution in [1.82, 2.24) is 4.90 Å². The Hall–Kier alpha value is -1.52. The molecule has 0 saturated carbocycles. The van der Waals surface area contributed by atoms with Gasteiger partial charge in [0.2, 0.25) is 0 Å². The Balaban J connectivity index is 1.78. The van der Waals surface area contributed by atoms with Crippen LogP contribution in [0.2, 0.25) is 5.02 Å². The third-order valence-corrected chi connectivity index (χ3v) is 3.79. The lowest BCUT2D eigenvalue weighted by molar-refractivity contribution is -0.137. The zero-order valence-corrected chi connectivity index (χ0v) is 13.1. The third-order valence-electron chi connectivity index (χ3n) is 3.47. The van der Waals surface area contributed by atoms with Gasteiger partial charge in [0.05, 0.1) is 17.3 Å². The number of hydrogen-bond donors (Lipinski definition) is 0. The van der Waals surface area contributed by atoms with Gasteiger partial charge in [-0.3, -0.25) is 4.90 Å². The molecule has 1 fully saturated rings. The summed E-state index contributed by atoms with van der Waals surface area (Å²) < 4.78 is 4.85. The van der Waals surface area contributed by atoms with E-state index in [9.17, 15) is 4.79 Å². The lowest BCUT2D eigenvalue weighted by Gasteiger charge is -2.36. The Kier molecular flexibility index (Phi) is 6.08. The van der Waals surface area contributed by atoms with Crippen LogP contribution in [0.25, 0.3) is 0 Å². The third kappa shape index (κ3) is 4.76. The van der Waals surface area contributed by atoms with Crippen molar-refractivity contribution < 1.29 is 9.53 Å². The van der Waals surface area contributed by atoms with E-state index >= 15 is 0 Å². The average molecular weight is 309 g/mol. The van der Waals surface area contributed by atoms with Crippen LogP contribution in [0.1, 0.15) is 6.92 Å². The van der Waals surface area contributed by atoms with Gasteiger partial charge < -0.3 is 9.64 Å². The number of benzene rings is 1. The second kappa shape index (κ2) is 8.05. The van der Waals surface area contributed by atoms with Crippen LogP contribution < -0.4 is 4.90 Å². The molecule has 1 aliphatic heterocycles. The first-order valence-electron chi connectivity index (χ1n) is 7.26. The summed E-state index contributed by atoms with van der Waals surface area (Å²) in [7, 11) is 0. The van der Waals surface area contributed by atoms with Crippen molar-refractivity contribution in [1.29, 1.82) is 0 Å². The standard InChI is InChI=1S/C16H21ClN2O2/c1-2-21-16(20)8-5-9-18-10-12-19(13-11-18)15-7-4-3-6-14(15)17/h3-8H,2,9-13H2,1H3/b8-5+. The molecule has 0 N–H and O–H groups in total. The molecule has 1 aromatic carbocycles. The van der Waals surface area contributed by atoms with Crippen LogP contribution in [-0.2, 0) is 9.53 Å². The number of carbonyl (C=O) groups is 1. The number of halogens is 1. The highest BCUT2D eigenvalue weighted by molar-refractivity contribution is 6.33. The van der Waals surface area contributed by atoms with Gasteiger partial charge >= 0.3 is 5.97 Å². The normalized spacial score (nSPS) is 16.4. The molecule has 0 spiro atoms. The van der Waals surface area contributed by atoms with Crippen LogP contribution in [0.5, 0.6) is 0 Å². The van der Waals surface area contributed by atoms with E-state index in [0.717, 1.165) is 43.4 Å². The lowest BCUT2D eigenvalue weighted by Crippen LogP contribution is -2.46. The van der Waals surface area contributed by atoms with Gasteiger partial charge in [0, 0.05) is 38.8 Å². The zero-order valence-electron chi connectivity index (χ0n) is 12.3. The monoisotopic (exact) mass is 308 g/mol. The molecular formula is C16H21ClN2O2.